The molecule has 208 valence electrons. The first-order valence-corrected chi connectivity index (χ1v) is 12.7. The van der Waals surface area contributed by atoms with Crippen LogP contribution in [0, 0.1) is 28.4 Å². The highest BCUT2D eigenvalue weighted by molar-refractivity contribution is 6.31. The van der Waals surface area contributed by atoms with Gasteiger partial charge in [0.25, 0.3) is 0 Å². The summed E-state index contributed by atoms with van der Waals surface area (Å²) in [7, 11) is 0. The van der Waals surface area contributed by atoms with E-state index in [-0.39, 0.29) is 31.4 Å². The quantitative estimate of drug-likeness (QED) is 0.331. The van der Waals surface area contributed by atoms with Crippen molar-refractivity contribution in [2.75, 3.05) is 13.2 Å². The molecule has 1 aliphatic rings. The lowest BCUT2D eigenvalue weighted by Gasteiger charge is -2.37. The van der Waals surface area contributed by atoms with Crippen LogP contribution in [0.1, 0.15) is 58.1 Å². The van der Waals surface area contributed by atoms with Gasteiger partial charge in [0.15, 0.2) is 0 Å². The molecule has 0 aromatic heterocycles. The maximum atomic E-state index is 15.5. The Morgan fingerprint density at radius 1 is 1.24 bits per heavy atom. The number of nitriles is 1. The predicted octanol–water partition coefficient (Wildman–Crippen LogP) is 5.09. The Morgan fingerprint density at radius 3 is 2.50 bits per heavy atom. The standard InChI is InChI=1S/C27H31Cl2F2N3O3.CH4/c1-26(2,3)12-22-27(14-32,18-10-21(31)19(29)11-20(18)30)23(15-5-4-6-16(28)9-15)24(34-22)25(37)33-8-7-17(36)13-35;/h4-6,9-11,17,22-24,34-36H,7-8,12-13H2,1-3H3,(H,33,37);1H4/t17-,22-,23-,24+,27-;/m0./s1. The normalized spacial score (nSPS) is 23.8. The molecule has 5 atom stereocenters. The Morgan fingerprint density at radius 2 is 1.92 bits per heavy atom. The lowest BCUT2D eigenvalue weighted by Crippen LogP contribution is -2.46. The number of carbonyl (C=O) groups is 1. The van der Waals surface area contributed by atoms with Crippen LogP contribution in [0.3, 0.4) is 0 Å². The first-order valence-electron chi connectivity index (χ1n) is 12.0. The molecule has 1 saturated heterocycles. The molecule has 0 unspecified atom stereocenters. The summed E-state index contributed by atoms with van der Waals surface area (Å²) in [5, 5.41) is 35.4. The molecule has 2 aromatic rings. The van der Waals surface area contributed by atoms with E-state index >= 15 is 4.39 Å². The molecule has 4 N–H and O–H groups in total. The summed E-state index contributed by atoms with van der Waals surface area (Å²) < 4.78 is 30.3. The van der Waals surface area contributed by atoms with Gasteiger partial charge < -0.3 is 20.8 Å². The van der Waals surface area contributed by atoms with Crippen molar-refractivity contribution in [3.8, 4) is 6.07 Å². The van der Waals surface area contributed by atoms with Crippen molar-refractivity contribution in [3.05, 3.63) is 69.2 Å². The van der Waals surface area contributed by atoms with Crippen LogP contribution >= 0.6 is 23.2 Å². The minimum atomic E-state index is -1.71. The maximum absolute atomic E-state index is 15.5. The second-order valence-corrected chi connectivity index (χ2v) is 11.5. The summed E-state index contributed by atoms with van der Waals surface area (Å²) in [5.74, 6) is -3.17. The highest BCUT2D eigenvalue weighted by Crippen LogP contribution is 2.52. The summed E-state index contributed by atoms with van der Waals surface area (Å²) in [6.07, 6.45) is -0.532. The van der Waals surface area contributed by atoms with Crippen LogP contribution < -0.4 is 10.6 Å². The molecule has 1 amide bonds. The van der Waals surface area contributed by atoms with Crippen molar-refractivity contribution in [2.24, 2.45) is 5.41 Å². The fraction of sp³-hybridized carbons (Fsp3) is 0.500. The molecular weight excluding hydrogens is 535 g/mol. The summed E-state index contributed by atoms with van der Waals surface area (Å²) >= 11 is 12.1. The largest absolute Gasteiger partial charge is 0.394 e. The number of nitrogens with one attached hydrogen (secondary N) is 2. The zero-order chi connectivity index (χ0) is 27.5. The van der Waals surface area contributed by atoms with E-state index in [1.165, 1.54) is 0 Å². The third-order valence-electron chi connectivity index (χ3n) is 6.69. The van der Waals surface area contributed by atoms with Gasteiger partial charge in [0.2, 0.25) is 5.91 Å². The molecule has 38 heavy (non-hydrogen) atoms. The molecule has 10 heteroatoms. The van der Waals surface area contributed by atoms with Crippen LogP contribution in [0.4, 0.5) is 8.78 Å². The molecule has 6 nitrogen and oxygen atoms in total. The highest BCUT2D eigenvalue weighted by atomic mass is 35.5. The van der Waals surface area contributed by atoms with E-state index < -0.39 is 58.7 Å². The van der Waals surface area contributed by atoms with Crippen molar-refractivity contribution >= 4 is 29.1 Å². The molecule has 1 aliphatic heterocycles. The third kappa shape index (κ3) is 6.64. The summed E-state index contributed by atoms with van der Waals surface area (Å²) in [6.45, 7) is 5.47. The summed E-state index contributed by atoms with van der Waals surface area (Å²) in [4.78, 5) is 13.5. The predicted molar refractivity (Wildman–Crippen MR) is 145 cm³/mol. The van der Waals surface area contributed by atoms with Crippen molar-refractivity contribution in [1.82, 2.24) is 10.6 Å². The average molecular weight is 571 g/mol. The lowest BCUT2D eigenvalue weighted by atomic mass is 9.62. The van der Waals surface area contributed by atoms with Crippen LogP contribution in [0.15, 0.2) is 36.4 Å². The Labute approximate surface area is 233 Å². The Kier molecular flexibility index (Phi) is 10.7. The lowest BCUT2D eigenvalue weighted by molar-refractivity contribution is -0.123. The van der Waals surface area contributed by atoms with E-state index in [9.17, 15) is 19.6 Å². The van der Waals surface area contributed by atoms with Gasteiger partial charge in [-0.1, -0.05) is 63.5 Å². The first kappa shape index (κ1) is 31.9. The second kappa shape index (κ2) is 12.7. The van der Waals surface area contributed by atoms with Gasteiger partial charge in [0, 0.05) is 29.1 Å². The molecule has 2 aromatic carbocycles. The second-order valence-electron chi connectivity index (χ2n) is 10.6. The SMILES string of the molecule is C.CC(C)(C)C[C@@H]1N[C@@H](C(=O)NCC[C@H](O)CO)[C@H](c2cccc(Cl)c2)[C@@]1(C#N)c1cc(F)c(Cl)cc1F. The number of hydrogen-bond donors (Lipinski definition) is 4. The van der Waals surface area contributed by atoms with Crippen molar-refractivity contribution < 1.29 is 23.8 Å². The van der Waals surface area contributed by atoms with Crippen LogP contribution in [-0.2, 0) is 10.2 Å². The molecule has 0 aliphatic carbocycles. The third-order valence-corrected chi connectivity index (χ3v) is 7.21. The van der Waals surface area contributed by atoms with Gasteiger partial charge in [-0.25, -0.2) is 8.78 Å². The van der Waals surface area contributed by atoms with Crippen LogP contribution in [0.5, 0.6) is 0 Å². The number of benzene rings is 2. The summed E-state index contributed by atoms with van der Waals surface area (Å²) in [6, 6.07) is 8.91. The smallest absolute Gasteiger partial charge is 0.237 e. The van der Waals surface area contributed by atoms with Crippen LogP contribution in [0.25, 0.3) is 0 Å². The minimum absolute atomic E-state index is 0. The van der Waals surface area contributed by atoms with Gasteiger partial charge in [-0.3, -0.25) is 4.79 Å². The van der Waals surface area contributed by atoms with E-state index in [0.29, 0.717) is 17.0 Å². The van der Waals surface area contributed by atoms with E-state index in [1.54, 1.807) is 24.3 Å². The number of hydrogen-bond acceptors (Lipinski definition) is 5. The Balaban J connectivity index is 0.00000507. The van der Waals surface area contributed by atoms with Gasteiger partial charge in [0.05, 0.1) is 29.8 Å². The van der Waals surface area contributed by atoms with Gasteiger partial charge in [-0.2, -0.15) is 5.26 Å². The number of rotatable bonds is 8. The first-order chi connectivity index (χ1) is 17.3. The zero-order valence-electron chi connectivity index (χ0n) is 20.9. The monoisotopic (exact) mass is 569 g/mol. The molecule has 3 rings (SSSR count). The van der Waals surface area contributed by atoms with E-state index in [4.69, 9.17) is 28.3 Å². The van der Waals surface area contributed by atoms with Crippen LogP contribution in [0.2, 0.25) is 10.0 Å². The highest BCUT2D eigenvalue weighted by Gasteiger charge is 2.60. The Hall–Kier alpha value is -2.28. The topological polar surface area (TPSA) is 105 Å². The maximum Gasteiger partial charge on any atom is 0.237 e. The van der Waals surface area contributed by atoms with E-state index in [1.807, 2.05) is 20.8 Å². The van der Waals surface area contributed by atoms with Crippen molar-refractivity contribution in [1.29, 1.82) is 5.26 Å². The minimum Gasteiger partial charge on any atom is -0.394 e. The number of aliphatic hydroxyl groups is 2. The van der Waals surface area contributed by atoms with Crippen molar-refractivity contribution in [2.45, 2.75) is 70.6 Å². The van der Waals surface area contributed by atoms with Gasteiger partial charge in [0.1, 0.15) is 17.0 Å². The van der Waals surface area contributed by atoms with Gasteiger partial charge >= 0.3 is 0 Å². The van der Waals surface area contributed by atoms with Gasteiger partial charge in [-0.05, 0) is 48.1 Å². The molecule has 1 fully saturated rings. The van der Waals surface area contributed by atoms with E-state index in [2.05, 4.69) is 16.7 Å². The Bertz CT molecular complexity index is 1180. The fourth-order valence-corrected chi connectivity index (χ4v) is 5.45. The fourth-order valence-electron chi connectivity index (χ4n) is 5.10. The molecular formula is C28H35Cl2F2N3O3. The molecule has 1 heterocycles. The van der Waals surface area contributed by atoms with Gasteiger partial charge in [-0.15, -0.1) is 0 Å². The molecule has 0 radical (unpaired) electrons. The van der Waals surface area contributed by atoms with Crippen molar-refractivity contribution in [3.63, 3.8) is 0 Å². The van der Waals surface area contributed by atoms with Crippen LogP contribution in [-0.4, -0.2) is 47.5 Å². The van der Waals surface area contributed by atoms with E-state index in [0.717, 1.165) is 12.1 Å². The summed E-state index contributed by atoms with van der Waals surface area (Å²) in [5.41, 5.74) is -1.76. The number of carbonyl (C=O) groups excluding carboxylic acids is 1. The molecule has 0 spiro atoms. The molecule has 0 bridgehead atoms. The number of nitrogens with zero attached hydrogens (tertiary/aromatic N) is 1. The molecule has 0 saturated carbocycles. The zero-order valence-corrected chi connectivity index (χ0v) is 22.4. The number of halogens is 4. The number of amides is 1. The number of aliphatic hydroxyl groups excluding tert-OH is 2. The average Bonchev–Trinajstić information content (AvgIpc) is 3.14.